The Hall–Kier alpha value is -2.95. The Kier molecular flexibility index (Phi) is 5.11. The molecule has 4 aromatic rings. The lowest BCUT2D eigenvalue weighted by Crippen LogP contribution is -2.31. The second-order valence-electron chi connectivity index (χ2n) is 8.43. The van der Waals surface area contributed by atoms with Gasteiger partial charge in [-0.05, 0) is 50.3 Å². The van der Waals surface area contributed by atoms with Gasteiger partial charge in [-0.2, -0.15) is 0 Å². The third-order valence-corrected chi connectivity index (χ3v) is 6.17. The smallest absolute Gasteiger partial charge is 0.145 e. The number of imidazole rings is 1. The van der Waals surface area contributed by atoms with Crippen molar-refractivity contribution in [2.45, 2.75) is 19.0 Å². The molecule has 30 heavy (non-hydrogen) atoms. The summed E-state index contributed by atoms with van der Waals surface area (Å²) >= 11 is 0. The van der Waals surface area contributed by atoms with Crippen molar-refractivity contribution in [2.24, 2.45) is 0 Å². The molecule has 152 valence electrons. The number of benzene rings is 3. The minimum Gasteiger partial charge on any atom is -0.305 e. The fraction of sp³-hybridized carbons (Fsp3) is 0.269. The van der Waals surface area contributed by atoms with Crippen LogP contribution in [0.15, 0.2) is 78.9 Å². The lowest BCUT2D eigenvalue weighted by atomic mass is 10.1. The molecule has 0 aliphatic carbocycles. The van der Waals surface area contributed by atoms with Crippen LogP contribution in [0.4, 0.5) is 0 Å². The van der Waals surface area contributed by atoms with Crippen LogP contribution in [0.3, 0.4) is 0 Å². The van der Waals surface area contributed by atoms with Crippen LogP contribution < -0.4 is 0 Å². The largest absolute Gasteiger partial charge is 0.305 e. The number of rotatable bonds is 5. The van der Waals surface area contributed by atoms with E-state index in [0.717, 1.165) is 41.2 Å². The van der Waals surface area contributed by atoms with E-state index in [1.807, 2.05) is 6.07 Å². The molecule has 0 N–H and O–H groups in total. The van der Waals surface area contributed by atoms with Gasteiger partial charge < -0.3 is 4.90 Å². The number of likely N-dealkylation sites (N-methyl/N-ethyl adjacent to an activating group) is 1. The van der Waals surface area contributed by atoms with Crippen molar-refractivity contribution in [3.05, 3.63) is 84.4 Å². The van der Waals surface area contributed by atoms with E-state index in [-0.39, 0.29) is 0 Å². The van der Waals surface area contributed by atoms with E-state index in [0.29, 0.717) is 6.04 Å². The molecule has 1 atom stereocenters. The van der Waals surface area contributed by atoms with Gasteiger partial charge in [0, 0.05) is 36.9 Å². The quantitative estimate of drug-likeness (QED) is 0.483. The van der Waals surface area contributed by atoms with Crippen LogP contribution in [0.25, 0.3) is 28.1 Å². The zero-order chi connectivity index (χ0) is 20.5. The highest BCUT2D eigenvalue weighted by molar-refractivity contribution is 5.83. The van der Waals surface area contributed by atoms with Crippen molar-refractivity contribution in [2.75, 3.05) is 27.2 Å². The molecule has 1 aliphatic heterocycles. The van der Waals surface area contributed by atoms with Crippen molar-refractivity contribution in [3.63, 3.8) is 0 Å². The zero-order valence-corrected chi connectivity index (χ0v) is 17.7. The molecule has 4 heteroatoms. The molecular formula is C26H28N4. The summed E-state index contributed by atoms with van der Waals surface area (Å²) in [4.78, 5) is 9.84. The van der Waals surface area contributed by atoms with Crippen LogP contribution >= 0.6 is 0 Å². The molecule has 1 aromatic heterocycles. The number of para-hydroxylation sites is 2. The summed E-state index contributed by atoms with van der Waals surface area (Å²) in [6.07, 6.45) is 1.26. The number of likely N-dealkylation sites (tertiary alicyclic amines) is 1. The van der Waals surface area contributed by atoms with Crippen LogP contribution in [-0.4, -0.2) is 52.6 Å². The SMILES string of the molecule is CN(C)[C@H]1CCN(Cc2ccc(-n3c(-c4ccccc4)nc4ccccc43)cc2)C1. The molecule has 0 bridgehead atoms. The van der Waals surface area contributed by atoms with Crippen molar-refractivity contribution in [1.29, 1.82) is 0 Å². The van der Waals surface area contributed by atoms with Gasteiger partial charge in [-0.3, -0.25) is 9.47 Å². The minimum atomic E-state index is 0.676. The highest BCUT2D eigenvalue weighted by Crippen LogP contribution is 2.29. The van der Waals surface area contributed by atoms with E-state index < -0.39 is 0 Å². The molecule has 5 rings (SSSR count). The normalized spacial score (nSPS) is 17.2. The summed E-state index contributed by atoms with van der Waals surface area (Å²) in [6.45, 7) is 3.34. The summed E-state index contributed by atoms with van der Waals surface area (Å²) < 4.78 is 2.27. The van der Waals surface area contributed by atoms with Crippen LogP contribution in [0, 0.1) is 0 Å². The zero-order valence-electron chi connectivity index (χ0n) is 17.7. The predicted octanol–water partition coefficient (Wildman–Crippen LogP) is 4.83. The summed E-state index contributed by atoms with van der Waals surface area (Å²) in [5.74, 6) is 0.984. The molecule has 1 fully saturated rings. The molecule has 0 saturated carbocycles. The fourth-order valence-electron chi connectivity index (χ4n) is 4.45. The molecule has 2 heterocycles. The van der Waals surface area contributed by atoms with Crippen molar-refractivity contribution >= 4 is 11.0 Å². The van der Waals surface area contributed by atoms with Gasteiger partial charge in [0.05, 0.1) is 11.0 Å². The monoisotopic (exact) mass is 396 g/mol. The summed E-state index contributed by atoms with van der Waals surface area (Å²) in [5, 5.41) is 0. The summed E-state index contributed by atoms with van der Waals surface area (Å²) in [6, 6.07) is 28.5. The van der Waals surface area contributed by atoms with Gasteiger partial charge >= 0.3 is 0 Å². The Balaban J connectivity index is 1.46. The first-order valence-electron chi connectivity index (χ1n) is 10.7. The standard InChI is InChI=1S/C26H28N4/c1-28(2)23-16-17-29(19-23)18-20-12-14-22(15-13-20)30-25-11-7-6-10-24(25)27-26(30)21-8-4-3-5-9-21/h3-15,23H,16-19H2,1-2H3/t23-/m0/s1. The lowest BCUT2D eigenvalue weighted by molar-refractivity contribution is 0.264. The molecule has 1 aliphatic rings. The molecular weight excluding hydrogens is 368 g/mol. The third kappa shape index (κ3) is 3.64. The lowest BCUT2D eigenvalue weighted by Gasteiger charge is -2.20. The van der Waals surface area contributed by atoms with Gasteiger partial charge in [0.15, 0.2) is 0 Å². The first-order valence-corrected chi connectivity index (χ1v) is 10.7. The van der Waals surface area contributed by atoms with Gasteiger partial charge in [-0.1, -0.05) is 54.6 Å². The predicted molar refractivity (Wildman–Crippen MR) is 124 cm³/mol. The molecule has 0 radical (unpaired) electrons. The molecule has 1 saturated heterocycles. The van der Waals surface area contributed by atoms with E-state index in [1.54, 1.807) is 0 Å². The van der Waals surface area contributed by atoms with Gasteiger partial charge in [-0.25, -0.2) is 4.98 Å². The first-order chi connectivity index (χ1) is 14.7. The third-order valence-electron chi connectivity index (χ3n) is 6.17. The average Bonchev–Trinajstić information content (AvgIpc) is 3.40. The molecule has 0 spiro atoms. The van der Waals surface area contributed by atoms with Crippen molar-refractivity contribution < 1.29 is 0 Å². The van der Waals surface area contributed by atoms with E-state index in [9.17, 15) is 0 Å². The second-order valence-corrected chi connectivity index (χ2v) is 8.43. The fourth-order valence-corrected chi connectivity index (χ4v) is 4.45. The first kappa shape index (κ1) is 19.0. The average molecular weight is 397 g/mol. The van der Waals surface area contributed by atoms with Crippen LogP contribution in [0.1, 0.15) is 12.0 Å². The highest BCUT2D eigenvalue weighted by atomic mass is 15.2. The second kappa shape index (κ2) is 8.05. The van der Waals surface area contributed by atoms with Crippen molar-refractivity contribution in [3.8, 4) is 17.1 Å². The van der Waals surface area contributed by atoms with E-state index in [1.165, 1.54) is 18.5 Å². The Morgan fingerprint density at radius 3 is 2.37 bits per heavy atom. The van der Waals surface area contributed by atoms with Gasteiger partial charge in [-0.15, -0.1) is 0 Å². The highest BCUT2D eigenvalue weighted by Gasteiger charge is 2.23. The Morgan fingerprint density at radius 2 is 1.63 bits per heavy atom. The summed E-state index contributed by atoms with van der Waals surface area (Å²) in [5.41, 5.74) is 5.80. The molecule has 0 unspecified atom stereocenters. The van der Waals surface area contributed by atoms with Gasteiger partial charge in [0.2, 0.25) is 0 Å². The number of hydrogen-bond donors (Lipinski definition) is 0. The van der Waals surface area contributed by atoms with Gasteiger partial charge in [0.25, 0.3) is 0 Å². The maximum absolute atomic E-state index is 4.94. The molecule has 0 amide bonds. The molecule has 4 nitrogen and oxygen atoms in total. The van der Waals surface area contributed by atoms with Crippen molar-refractivity contribution in [1.82, 2.24) is 19.4 Å². The Bertz CT molecular complexity index is 1130. The van der Waals surface area contributed by atoms with Crippen LogP contribution in [0.5, 0.6) is 0 Å². The van der Waals surface area contributed by atoms with E-state index in [4.69, 9.17) is 4.98 Å². The van der Waals surface area contributed by atoms with Crippen LogP contribution in [0.2, 0.25) is 0 Å². The minimum absolute atomic E-state index is 0.676. The number of hydrogen-bond acceptors (Lipinski definition) is 3. The Labute approximate surface area is 178 Å². The maximum atomic E-state index is 4.94. The number of fused-ring (bicyclic) bond motifs is 1. The number of nitrogens with zero attached hydrogens (tertiary/aromatic N) is 4. The van der Waals surface area contributed by atoms with Crippen LogP contribution in [-0.2, 0) is 6.54 Å². The Morgan fingerprint density at radius 1 is 0.900 bits per heavy atom. The van der Waals surface area contributed by atoms with Gasteiger partial charge in [0.1, 0.15) is 5.82 Å². The summed E-state index contributed by atoms with van der Waals surface area (Å²) in [7, 11) is 4.37. The molecule has 3 aromatic carbocycles. The maximum Gasteiger partial charge on any atom is 0.145 e. The topological polar surface area (TPSA) is 24.3 Å². The van der Waals surface area contributed by atoms with E-state index in [2.05, 4.69) is 101 Å². The van der Waals surface area contributed by atoms with E-state index >= 15 is 0 Å². The number of aromatic nitrogens is 2.